The first-order valence-electron chi connectivity index (χ1n) is 8.53. The number of aryl methyl sites for hydroxylation is 1. The van der Waals surface area contributed by atoms with Crippen LogP contribution in [-0.2, 0) is 9.53 Å². The summed E-state index contributed by atoms with van der Waals surface area (Å²) >= 11 is 1.34. The molecule has 0 saturated heterocycles. The van der Waals surface area contributed by atoms with Gasteiger partial charge in [0.2, 0.25) is 5.91 Å². The number of esters is 1. The van der Waals surface area contributed by atoms with Gasteiger partial charge in [-0.3, -0.25) is 4.79 Å². The number of thiophene rings is 1. The number of anilines is 1. The summed E-state index contributed by atoms with van der Waals surface area (Å²) in [5, 5.41) is 3.25. The molecule has 0 unspecified atom stereocenters. The monoisotopic (exact) mass is 373 g/mol. The number of amides is 1. The Balaban J connectivity index is 2.10. The number of ether oxygens (including phenoxy) is 2. The molecule has 0 atom stereocenters. The van der Waals surface area contributed by atoms with Gasteiger partial charge in [-0.2, -0.15) is 0 Å². The number of benzene rings is 1. The fourth-order valence-corrected chi connectivity index (χ4v) is 3.15. The van der Waals surface area contributed by atoms with Crippen LogP contribution in [0.15, 0.2) is 36.4 Å². The second-order valence-electron chi connectivity index (χ2n) is 5.53. The van der Waals surface area contributed by atoms with Crippen LogP contribution in [0.3, 0.4) is 0 Å². The minimum Gasteiger partial charge on any atom is -0.493 e. The summed E-state index contributed by atoms with van der Waals surface area (Å²) in [6.45, 7) is 6.57. The lowest BCUT2D eigenvalue weighted by atomic mass is 10.2. The van der Waals surface area contributed by atoms with E-state index in [4.69, 9.17) is 9.47 Å². The van der Waals surface area contributed by atoms with Crippen molar-refractivity contribution < 1.29 is 19.1 Å². The molecule has 0 aliphatic heterocycles. The van der Waals surface area contributed by atoms with Crippen molar-refractivity contribution in [2.75, 3.05) is 18.5 Å². The van der Waals surface area contributed by atoms with Gasteiger partial charge < -0.3 is 14.8 Å². The van der Waals surface area contributed by atoms with Gasteiger partial charge in [-0.15, -0.1) is 11.3 Å². The summed E-state index contributed by atoms with van der Waals surface area (Å²) in [5.74, 6) is -0.0188. The van der Waals surface area contributed by atoms with E-state index in [0.29, 0.717) is 17.2 Å². The highest BCUT2D eigenvalue weighted by molar-refractivity contribution is 7.16. The molecule has 0 aliphatic carbocycles. The molecule has 0 aliphatic rings. The fourth-order valence-electron chi connectivity index (χ4n) is 2.25. The van der Waals surface area contributed by atoms with Crippen molar-refractivity contribution in [2.45, 2.75) is 27.2 Å². The Morgan fingerprint density at radius 2 is 2.00 bits per heavy atom. The highest BCUT2D eigenvalue weighted by Crippen LogP contribution is 2.28. The predicted octanol–water partition coefficient (Wildman–Crippen LogP) is 4.67. The summed E-state index contributed by atoms with van der Waals surface area (Å²) in [4.78, 5) is 25.2. The predicted molar refractivity (Wildman–Crippen MR) is 105 cm³/mol. The van der Waals surface area contributed by atoms with Crippen molar-refractivity contribution in [3.63, 3.8) is 0 Å². The van der Waals surface area contributed by atoms with Crippen molar-refractivity contribution in [1.82, 2.24) is 0 Å². The highest BCUT2D eigenvalue weighted by atomic mass is 32.1. The zero-order valence-corrected chi connectivity index (χ0v) is 16.0. The van der Waals surface area contributed by atoms with Crippen LogP contribution >= 0.6 is 11.3 Å². The average Bonchev–Trinajstić information content (AvgIpc) is 2.99. The summed E-state index contributed by atoms with van der Waals surface area (Å²) in [6, 6.07) is 9.25. The van der Waals surface area contributed by atoms with Crippen molar-refractivity contribution >= 4 is 34.3 Å². The number of hydrogen-bond acceptors (Lipinski definition) is 5. The first-order chi connectivity index (χ1) is 12.5. The second-order valence-corrected chi connectivity index (χ2v) is 6.79. The van der Waals surface area contributed by atoms with Gasteiger partial charge in [0.15, 0.2) is 0 Å². The number of carbonyl (C=O) groups excluding carboxylic acids is 2. The first kappa shape index (κ1) is 19.7. The van der Waals surface area contributed by atoms with Gasteiger partial charge in [-0.05, 0) is 38.5 Å². The first-order valence-corrected chi connectivity index (χ1v) is 9.35. The molecule has 1 aromatic heterocycles. The third-order valence-electron chi connectivity index (χ3n) is 3.38. The van der Waals surface area contributed by atoms with Crippen molar-refractivity contribution in [3.05, 3.63) is 52.4 Å². The molecule has 0 bridgehead atoms. The molecule has 26 heavy (non-hydrogen) atoms. The third-order valence-corrected chi connectivity index (χ3v) is 4.35. The van der Waals surface area contributed by atoms with Gasteiger partial charge in [-0.1, -0.05) is 25.1 Å². The van der Waals surface area contributed by atoms with Gasteiger partial charge in [0, 0.05) is 16.5 Å². The Kier molecular flexibility index (Phi) is 7.41. The molecule has 1 amide bonds. The molecular weight excluding hydrogens is 350 g/mol. The molecule has 0 spiro atoms. The lowest BCUT2D eigenvalue weighted by Crippen LogP contribution is -2.11. The van der Waals surface area contributed by atoms with E-state index in [1.807, 2.05) is 38.1 Å². The van der Waals surface area contributed by atoms with Gasteiger partial charge in [-0.25, -0.2) is 4.79 Å². The maximum atomic E-state index is 12.3. The zero-order chi connectivity index (χ0) is 18.9. The van der Waals surface area contributed by atoms with E-state index in [2.05, 4.69) is 5.32 Å². The molecule has 0 saturated carbocycles. The van der Waals surface area contributed by atoms with Crippen LogP contribution in [0.2, 0.25) is 0 Å². The topological polar surface area (TPSA) is 64.6 Å². The average molecular weight is 373 g/mol. The molecule has 138 valence electrons. The largest absolute Gasteiger partial charge is 0.493 e. The molecule has 1 aromatic carbocycles. The standard InChI is InChI=1S/C20H23NO4S/c1-4-12-25-17-9-7-6-8-15(17)10-11-18(22)21-19-16(13-14(3)26-19)20(23)24-5-2/h6-11,13H,4-5,12H2,1-3H3,(H,21,22)/b11-10+. The van der Waals surface area contributed by atoms with E-state index in [0.717, 1.165) is 22.6 Å². The minimum absolute atomic E-state index is 0.287. The fraction of sp³-hybridized carbons (Fsp3) is 0.300. The Bertz CT molecular complexity index is 795. The summed E-state index contributed by atoms with van der Waals surface area (Å²) in [6.07, 6.45) is 4.04. The van der Waals surface area contributed by atoms with Crippen molar-refractivity contribution in [3.8, 4) is 5.75 Å². The maximum absolute atomic E-state index is 12.3. The maximum Gasteiger partial charge on any atom is 0.341 e. The summed E-state index contributed by atoms with van der Waals surface area (Å²) in [5.41, 5.74) is 1.20. The van der Waals surface area contributed by atoms with E-state index in [9.17, 15) is 9.59 Å². The number of carbonyl (C=O) groups is 2. The smallest absolute Gasteiger partial charge is 0.341 e. The molecule has 1 N–H and O–H groups in total. The Morgan fingerprint density at radius 3 is 2.73 bits per heavy atom. The van der Waals surface area contributed by atoms with E-state index in [-0.39, 0.29) is 12.5 Å². The quantitative estimate of drug-likeness (QED) is 0.539. The molecule has 2 rings (SSSR count). The third kappa shape index (κ3) is 5.46. The Morgan fingerprint density at radius 1 is 1.23 bits per heavy atom. The number of rotatable bonds is 8. The van der Waals surface area contributed by atoms with Crippen LogP contribution in [0.25, 0.3) is 6.08 Å². The molecular formula is C20H23NO4S. The minimum atomic E-state index is -0.436. The molecule has 0 radical (unpaired) electrons. The van der Waals surface area contributed by atoms with E-state index < -0.39 is 5.97 Å². The van der Waals surface area contributed by atoms with Crippen LogP contribution in [0.5, 0.6) is 5.75 Å². The van der Waals surface area contributed by atoms with E-state index >= 15 is 0 Å². The number of para-hydroxylation sites is 1. The molecule has 1 heterocycles. The van der Waals surface area contributed by atoms with Crippen LogP contribution in [0, 0.1) is 6.92 Å². The van der Waals surface area contributed by atoms with Crippen LogP contribution in [0.4, 0.5) is 5.00 Å². The number of hydrogen-bond donors (Lipinski definition) is 1. The molecule has 2 aromatic rings. The van der Waals surface area contributed by atoms with Crippen LogP contribution in [0.1, 0.15) is 41.1 Å². The molecule has 0 fully saturated rings. The normalized spacial score (nSPS) is 10.7. The lowest BCUT2D eigenvalue weighted by molar-refractivity contribution is -0.111. The summed E-state index contributed by atoms with van der Waals surface area (Å²) < 4.78 is 10.7. The lowest BCUT2D eigenvalue weighted by Gasteiger charge is -2.07. The van der Waals surface area contributed by atoms with Crippen LogP contribution < -0.4 is 10.1 Å². The van der Waals surface area contributed by atoms with Gasteiger partial charge >= 0.3 is 5.97 Å². The highest BCUT2D eigenvalue weighted by Gasteiger charge is 2.17. The van der Waals surface area contributed by atoms with Crippen molar-refractivity contribution in [2.24, 2.45) is 0 Å². The molecule has 5 nitrogen and oxygen atoms in total. The van der Waals surface area contributed by atoms with Crippen molar-refractivity contribution in [1.29, 1.82) is 0 Å². The van der Waals surface area contributed by atoms with Gasteiger partial charge in [0.1, 0.15) is 10.8 Å². The van der Waals surface area contributed by atoms with E-state index in [1.165, 1.54) is 17.4 Å². The van der Waals surface area contributed by atoms with E-state index in [1.54, 1.807) is 19.1 Å². The van der Waals surface area contributed by atoms with Gasteiger partial charge in [0.25, 0.3) is 0 Å². The number of nitrogens with one attached hydrogen (secondary N) is 1. The van der Waals surface area contributed by atoms with Crippen LogP contribution in [-0.4, -0.2) is 25.1 Å². The SMILES string of the molecule is CCCOc1ccccc1/C=C/C(=O)Nc1sc(C)cc1C(=O)OCC. The Labute approximate surface area is 157 Å². The second kappa shape index (κ2) is 9.77. The van der Waals surface area contributed by atoms with Gasteiger partial charge in [0.05, 0.1) is 18.8 Å². The zero-order valence-electron chi connectivity index (χ0n) is 15.2. The molecule has 6 heteroatoms. The summed E-state index contributed by atoms with van der Waals surface area (Å²) in [7, 11) is 0. The Hall–Kier alpha value is -2.60.